The summed E-state index contributed by atoms with van der Waals surface area (Å²) in [6.45, 7) is 0.655. The zero-order chi connectivity index (χ0) is 19.1. The number of ether oxygens (including phenoxy) is 1. The molecule has 0 aliphatic carbocycles. The molecule has 2 rings (SSSR count). The van der Waals surface area contributed by atoms with Crippen molar-refractivity contribution in [2.75, 3.05) is 6.61 Å². The number of Topliss-reactive ketones (excluding diaryl/α,β-unsaturated/α-hetero) is 1. The van der Waals surface area contributed by atoms with Crippen molar-refractivity contribution in [1.82, 2.24) is 5.32 Å². The first-order chi connectivity index (χ1) is 12.4. The first-order valence-corrected chi connectivity index (χ1v) is 7.82. The van der Waals surface area contributed by atoms with Gasteiger partial charge in [0.15, 0.2) is 12.4 Å². The van der Waals surface area contributed by atoms with Crippen molar-refractivity contribution in [3.8, 4) is 0 Å². The molecular weight excluding hydrogens is 344 g/mol. The van der Waals surface area contributed by atoms with E-state index in [1.165, 1.54) is 6.92 Å². The van der Waals surface area contributed by atoms with E-state index in [4.69, 9.17) is 4.74 Å². The third kappa shape index (κ3) is 5.47. The number of carbonyl (C=O) groups excluding carboxylic acids is 3. The molecule has 0 spiro atoms. The van der Waals surface area contributed by atoms with Crippen LogP contribution in [0.5, 0.6) is 0 Å². The third-order valence-electron chi connectivity index (χ3n) is 3.59. The molecule has 1 N–H and O–H groups in total. The Balaban J connectivity index is 1.91. The van der Waals surface area contributed by atoms with Gasteiger partial charge in [0.1, 0.15) is 11.6 Å². The lowest BCUT2D eigenvalue weighted by molar-refractivity contribution is -0.128. The van der Waals surface area contributed by atoms with Gasteiger partial charge in [0.05, 0.1) is 11.6 Å². The average molecular weight is 361 g/mol. The highest BCUT2D eigenvalue weighted by Crippen LogP contribution is 2.11. The Hall–Kier alpha value is -3.09. The molecule has 0 fully saturated rings. The number of halogens is 2. The van der Waals surface area contributed by atoms with E-state index in [0.717, 1.165) is 17.7 Å². The lowest BCUT2D eigenvalue weighted by atomic mass is 10.0. The Morgan fingerprint density at radius 3 is 2.38 bits per heavy atom. The van der Waals surface area contributed by atoms with Gasteiger partial charge in [-0.3, -0.25) is 9.59 Å². The molecule has 0 saturated heterocycles. The van der Waals surface area contributed by atoms with Gasteiger partial charge in [-0.15, -0.1) is 0 Å². The molecule has 0 heterocycles. The summed E-state index contributed by atoms with van der Waals surface area (Å²) in [5.41, 5.74) is 0.380. The number of rotatable bonds is 7. The van der Waals surface area contributed by atoms with Crippen molar-refractivity contribution in [3.63, 3.8) is 0 Å². The highest BCUT2D eigenvalue weighted by atomic mass is 19.1. The van der Waals surface area contributed by atoms with E-state index in [9.17, 15) is 23.2 Å². The number of hydrogen-bond acceptors (Lipinski definition) is 4. The minimum absolute atomic E-state index is 0.252. The first-order valence-electron chi connectivity index (χ1n) is 7.82. The van der Waals surface area contributed by atoms with Crippen LogP contribution in [0, 0.1) is 11.6 Å². The molecule has 1 atom stereocenters. The van der Waals surface area contributed by atoms with Crippen LogP contribution in [-0.4, -0.2) is 30.3 Å². The van der Waals surface area contributed by atoms with E-state index in [1.807, 2.05) is 30.3 Å². The van der Waals surface area contributed by atoms with Crippen LogP contribution in [0.25, 0.3) is 0 Å². The molecule has 26 heavy (non-hydrogen) atoms. The second-order valence-corrected chi connectivity index (χ2v) is 5.62. The lowest BCUT2D eigenvalue weighted by Crippen LogP contribution is -2.43. The van der Waals surface area contributed by atoms with Gasteiger partial charge in [0.25, 0.3) is 5.91 Å². The molecule has 0 aliphatic rings. The molecule has 0 saturated carbocycles. The third-order valence-corrected chi connectivity index (χ3v) is 3.59. The Kier molecular flexibility index (Phi) is 6.54. The van der Waals surface area contributed by atoms with Crippen LogP contribution >= 0.6 is 0 Å². The van der Waals surface area contributed by atoms with Gasteiger partial charge in [-0.05, 0) is 31.0 Å². The number of esters is 1. The number of hydrogen-bond donors (Lipinski definition) is 1. The van der Waals surface area contributed by atoms with Crippen molar-refractivity contribution in [2.45, 2.75) is 19.4 Å². The second kappa shape index (κ2) is 8.84. The Morgan fingerprint density at radius 2 is 1.77 bits per heavy atom. The minimum Gasteiger partial charge on any atom is -0.452 e. The molecular formula is C19H17F2NO4. The highest BCUT2D eigenvalue weighted by Gasteiger charge is 2.20. The average Bonchev–Trinajstić information content (AvgIpc) is 2.60. The van der Waals surface area contributed by atoms with E-state index in [2.05, 4.69) is 5.32 Å². The Bertz CT molecular complexity index is 808. The number of nitrogens with one attached hydrogen (secondary N) is 1. The Morgan fingerprint density at radius 1 is 1.08 bits per heavy atom. The number of amides is 1. The van der Waals surface area contributed by atoms with E-state index in [1.54, 1.807) is 0 Å². The minimum atomic E-state index is -1.10. The maximum Gasteiger partial charge on any atom is 0.341 e. The zero-order valence-electron chi connectivity index (χ0n) is 14.0. The molecule has 0 bridgehead atoms. The predicted molar refractivity (Wildman–Crippen MR) is 89.4 cm³/mol. The van der Waals surface area contributed by atoms with Crippen molar-refractivity contribution in [2.24, 2.45) is 0 Å². The van der Waals surface area contributed by atoms with Crippen LogP contribution in [0.3, 0.4) is 0 Å². The van der Waals surface area contributed by atoms with E-state index < -0.39 is 41.7 Å². The molecule has 7 heteroatoms. The van der Waals surface area contributed by atoms with Gasteiger partial charge in [-0.25, -0.2) is 13.6 Å². The van der Waals surface area contributed by atoms with Crippen molar-refractivity contribution < 1.29 is 27.9 Å². The number of carbonyl (C=O) groups is 3. The van der Waals surface area contributed by atoms with Crippen molar-refractivity contribution in [1.29, 1.82) is 0 Å². The van der Waals surface area contributed by atoms with Crippen LogP contribution in [0.1, 0.15) is 22.8 Å². The quantitative estimate of drug-likeness (QED) is 0.769. The Labute approximate surface area is 149 Å². The molecule has 1 amide bonds. The normalized spacial score (nSPS) is 11.5. The topological polar surface area (TPSA) is 72.5 Å². The molecule has 0 radical (unpaired) electrons. The molecule has 0 aliphatic heterocycles. The summed E-state index contributed by atoms with van der Waals surface area (Å²) in [7, 11) is 0. The summed E-state index contributed by atoms with van der Waals surface area (Å²) in [6, 6.07) is 10.7. The fraction of sp³-hybridized carbons (Fsp3) is 0.211. The maximum absolute atomic E-state index is 13.5. The van der Waals surface area contributed by atoms with Crippen LogP contribution in [0.15, 0.2) is 48.5 Å². The fourth-order valence-corrected chi connectivity index (χ4v) is 2.25. The summed E-state index contributed by atoms with van der Waals surface area (Å²) in [5.74, 6) is -3.96. The van der Waals surface area contributed by atoms with Gasteiger partial charge >= 0.3 is 5.97 Å². The fourth-order valence-electron chi connectivity index (χ4n) is 2.25. The van der Waals surface area contributed by atoms with Crippen LogP contribution in [-0.2, 0) is 20.7 Å². The summed E-state index contributed by atoms with van der Waals surface area (Å²) >= 11 is 0. The van der Waals surface area contributed by atoms with Crippen LogP contribution in [0.4, 0.5) is 8.78 Å². The monoisotopic (exact) mass is 361 g/mol. The van der Waals surface area contributed by atoms with Crippen molar-refractivity contribution >= 4 is 17.7 Å². The van der Waals surface area contributed by atoms with Crippen LogP contribution < -0.4 is 5.32 Å². The summed E-state index contributed by atoms with van der Waals surface area (Å²) in [6.07, 6.45) is 0.294. The molecule has 136 valence electrons. The number of ketones is 1. The molecule has 0 unspecified atom stereocenters. The summed E-state index contributed by atoms with van der Waals surface area (Å²) < 4.78 is 31.0. The second-order valence-electron chi connectivity index (χ2n) is 5.62. The van der Waals surface area contributed by atoms with Crippen LogP contribution in [0.2, 0.25) is 0 Å². The van der Waals surface area contributed by atoms with Gasteiger partial charge in [0, 0.05) is 6.07 Å². The largest absolute Gasteiger partial charge is 0.452 e. The SMILES string of the molecule is CC(=O)[C@H](Cc1ccccc1)NC(=O)COC(=O)c1ccc(F)cc1F. The molecule has 2 aromatic carbocycles. The van der Waals surface area contributed by atoms with Crippen molar-refractivity contribution in [3.05, 3.63) is 71.3 Å². The molecule has 5 nitrogen and oxygen atoms in total. The van der Waals surface area contributed by atoms with Gasteiger partial charge in [0.2, 0.25) is 0 Å². The van der Waals surface area contributed by atoms with Gasteiger partial charge < -0.3 is 10.1 Å². The predicted octanol–water partition coefficient (Wildman–Crippen LogP) is 2.44. The summed E-state index contributed by atoms with van der Waals surface area (Å²) in [5, 5.41) is 2.48. The van der Waals surface area contributed by atoms with E-state index >= 15 is 0 Å². The van der Waals surface area contributed by atoms with E-state index in [-0.39, 0.29) is 5.78 Å². The molecule has 2 aromatic rings. The number of benzene rings is 2. The van der Waals surface area contributed by atoms with Gasteiger partial charge in [-0.1, -0.05) is 30.3 Å². The lowest BCUT2D eigenvalue weighted by Gasteiger charge is -2.16. The smallest absolute Gasteiger partial charge is 0.341 e. The molecule has 0 aromatic heterocycles. The first kappa shape index (κ1) is 19.2. The van der Waals surface area contributed by atoms with Gasteiger partial charge in [-0.2, -0.15) is 0 Å². The standard InChI is InChI=1S/C19H17F2NO4/c1-12(23)17(9-13-5-3-2-4-6-13)22-18(24)11-26-19(25)15-8-7-14(20)10-16(15)21/h2-8,10,17H,9,11H2,1H3,(H,22,24)/t17-/m0/s1. The zero-order valence-corrected chi connectivity index (χ0v) is 14.0. The van der Waals surface area contributed by atoms with E-state index in [0.29, 0.717) is 12.5 Å². The summed E-state index contributed by atoms with van der Waals surface area (Å²) in [4.78, 5) is 35.4. The highest BCUT2D eigenvalue weighted by molar-refractivity contribution is 5.92. The maximum atomic E-state index is 13.5.